The highest BCUT2D eigenvalue weighted by atomic mass is 16.8. The largest absolute Gasteiger partial charge is 0.595 e. The van der Waals surface area contributed by atoms with Crippen molar-refractivity contribution < 1.29 is 24.6 Å². The summed E-state index contributed by atoms with van der Waals surface area (Å²) >= 11 is 0. The van der Waals surface area contributed by atoms with E-state index in [-0.39, 0.29) is 11.7 Å². The number of aryl methyl sites for hydroxylation is 1. The molecule has 0 saturated carbocycles. The molecule has 35 heavy (non-hydrogen) atoms. The van der Waals surface area contributed by atoms with Crippen LogP contribution < -0.4 is 24.8 Å². The quantitative estimate of drug-likeness (QED) is 0.304. The fraction of sp³-hybridized carbons (Fsp3) is 0.259. The molecule has 5 rings (SSSR count). The second-order valence-electron chi connectivity index (χ2n) is 8.71. The van der Waals surface area contributed by atoms with E-state index in [1.165, 1.54) is 10.9 Å². The van der Waals surface area contributed by atoms with Crippen molar-refractivity contribution in [3.8, 4) is 17.2 Å². The molecule has 0 saturated heterocycles. The van der Waals surface area contributed by atoms with E-state index < -0.39 is 5.23 Å². The van der Waals surface area contributed by atoms with Gasteiger partial charge in [0.1, 0.15) is 23.9 Å². The van der Waals surface area contributed by atoms with Crippen LogP contribution in [0.1, 0.15) is 34.0 Å². The number of ether oxygens (including phenoxy) is 3. The van der Waals surface area contributed by atoms with Gasteiger partial charge in [-0.1, -0.05) is 6.07 Å². The van der Waals surface area contributed by atoms with Crippen molar-refractivity contribution in [2.24, 2.45) is 0 Å². The summed E-state index contributed by atoms with van der Waals surface area (Å²) < 4.78 is 17.1. The Kier molecular flexibility index (Phi) is 6.36. The van der Waals surface area contributed by atoms with Gasteiger partial charge in [0, 0.05) is 40.3 Å². The Labute approximate surface area is 203 Å². The molecule has 4 N–H and O–H groups in total. The molecule has 2 heterocycles. The fourth-order valence-corrected chi connectivity index (χ4v) is 4.84. The normalized spacial score (nSPS) is 16.1. The highest BCUT2D eigenvalue weighted by molar-refractivity contribution is 5.86. The number of methoxy groups -OCH3 is 2. The van der Waals surface area contributed by atoms with E-state index in [0.29, 0.717) is 17.9 Å². The highest BCUT2D eigenvalue weighted by Crippen LogP contribution is 2.36. The molecule has 0 spiro atoms. The van der Waals surface area contributed by atoms with Crippen molar-refractivity contribution in [1.82, 2.24) is 10.3 Å². The number of fused-ring (bicyclic) bond motifs is 3. The van der Waals surface area contributed by atoms with Crippen molar-refractivity contribution in [3.63, 3.8) is 0 Å². The Morgan fingerprint density at radius 2 is 1.86 bits per heavy atom. The molecule has 0 bridgehead atoms. The summed E-state index contributed by atoms with van der Waals surface area (Å²) in [5.74, 6) is 2.21. The van der Waals surface area contributed by atoms with Gasteiger partial charge in [-0.15, -0.1) is 0 Å². The van der Waals surface area contributed by atoms with E-state index in [2.05, 4.69) is 34.6 Å². The van der Waals surface area contributed by atoms with Crippen molar-refractivity contribution >= 4 is 16.6 Å². The highest BCUT2D eigenvalue weighted by Gasteiger charge is 2.26. The summed E-state index contributed by atoms with van der Waals surface area (Å²) in [5.41, 5.74) is 6.53. The first kappa shape index (κ1) is 23.2. The first-order valence-corrected chi connectivity index (χ1v) is 11.5. The standard InChI is InChI=1S/C27H29N3O5/c1-16-12-20(6-8-24(16)30(31)32)35-15-18-13-17(4-9-25(18)34-3)26-27-21(10-11-28-26)22-14-19(33-2)5-7-23(22)29-27/h4-9,12-14,26,28-31H,10-11,15H2,1-3H3/t26-/m0/s1. The number of hydrogen-bond acceptors (Lipinski definition) is 6. The summed E-state index contributed by atoms with van der Waals surface area (Å²) in [6.45, 7) is 2.93. The lowest BCUT2D eigenvalue weighted by atomic mass is 9.93. The Hall–Kier alpha value is -3.56. The predicted octanol–water partition coefficient (Wildman–Crippen LogP) is 3.71. The minimum absolute atomic E-state index is 0.0129. The number of H-pyrrole nitrogens is 1. The minimum atomic E-state index is -0.946. The van der Waals surface area contributed by atoms with Gasteiger partial charge in [-0.25, -0.2) is 5.21 Å². The molecule has 0 radical (unpaired) electrons. The molecule has 1 unspecified atom stereocenters. The molecule has 0 aliphatic carbocycles. The zero-order valence-corrected chi connectivity index (χ0v) is 20.0. The minimum Gasteiger partial charge on any atom is -0.595 e. The molecule has 0 amide bonds. The maximum Gasteiger partial charge on any atom is 0.166 e. The SMILES string of the molecule is COc1ccc2[nH]c3c(c2c1)CCN[C@H]3c1ccc(OC)c(COc2ccc([NH+]([O-])O)c(C)c2)c1. The van der Waals surface area contributed by atoms with Crippen LogP contribution >= 0.6 is 0 Å². The van der Waals surface area contributed by atoms with E-state index >= 15 is 0 Å². The van der Waals surface area contributed by atoms with Gasteiger partial charge in [0.25, 0.3) is 0 Å². The van der Waals surface area contributed by atoms with Gasteiger partial charge < -0.3 is 29.7 Å². The third kappa shape index (κ3) is 4.44. The molecule has 1 aliphatic heterocycles. The van der Waals surface area contributed by atoms with Crippen LogP contribution in [0.2, 0.25) is 0 Å². The average molecular weight is 476 g/mol. The number of aromatic nitrogens is 1. The third-order valence-corrected chi connectivity index (χ3v) is 6.62. The van der Waals surface area contributed by atoms with E-state index in [0.717, 1.165) is 46.8 Å². The molecule has 8 nitrogen and oxygen atoms in total. The Morgan fingerprint density at radius 1 is 1.03 bits per heavy atom. The van der Waals surface area contributed by atoms with E-state index in [1.54, 1.807) is 39.3 Å². The lowest BCUT2D eigenvalue weighted by Crippen LogP contribution is -2.99. The second-order valence-corrected chi connectivity index (χ2v) is 8.71. The van der Waals surface area contributed by atoms with Gasteiger partial charge in [0.15, 0.2) is 5.69 Å². The van der Waals surface area contributed by atoms with Gasteiger partial charge >= 0.3 is 0 Å². The van der Waals surface area contributed by atoms with Crippen molar-refractivity contribution in [2.75, 3.05) is 20.8 Å². The van der Waals surface area contributed by atoms with Crippen LogP contribution in [0.15, 0.2) is 54.6 Å². The van der Waals surface area contributed by atoms with E-state index in [9.17, 15) is 10.4 Å². The summed E-state index contributed by atoms with van der Waals surface area (Å²) in [7, 11) is 3.33. The average Bonchev–Trinajstić information content (AvgIpc) is 3.25. The number of hydrogen-bond donors (Lipinski definition) is 4. The molecule has 3 aromatic carbocycles. The van der Waals surface area contributed by atoms with Gasteiger partial charge in [-0.05, 0) is 66.9 Å². The van der Waals surface area contributed by atoms with E-state index in [4.69, 9.17) is 14.2 Å². The first-order valence-electron chi connectivity index (χ1n) is 11.5. The molecular weight excluding hydrogens is 446 g/mol. The zero-order chi connectivity index (χ0) is 24.5. The lowest BCUT2D eigenvalue weighted by Gasteiger charge is -2.25. The Bertz CT molecular complexity index is 1360. The van der Waals surface area contributed by atoms with Gasteiger partial charge in [0.2, 0.25) is 0 Å². The summed E-state index contributed by atoms with van der Waals surface area (Å²) in [5, 5.41) is 24.4. The van der Waals surface area contributed by atoms with Gasteiger partial charge in [0.05, 0.1) is 20.3 Å². The number of rotatable bonds is 7. The smallest absolute Gasteiger partial charge is 0.166 e. The van der Waals surface area contributed by atoms with Crippen LogP contribution in [-0.4, -0.2) is 31.0 Å². The molecule has 2 atom stereocenters. The topological polar surface area (TPSA) is 103 Å². The number of benzene rings is 3. The molecule has 4 aromatic rings. The van der Waals surface area contributed by atoms with E-state index in [1.807, 2.05) is 12.1 Å². The van der Waals surface area contributed by atoms with Crippen LogP contribution in [0, 0.1) is 12.1 Å². The third-order valence-electron chi connectivity index (χ3n) is 6.62. The maximum absolute atomic E-state index is 11.3. The van der Waals surface area contributed by atoms with Crippen LogP contribution in [-0.2, 0) is 13.0 Å². The molecule has 0 fully saturated rings. The molecule has 182 valence electrons. The molecule has 1 aliphatic rings. The monoisotopic (exact) mass is 475 g/mol. The number of aromatic amines is 1. The van der Waals surface area contributed by atoms with Crippen molar-refractivity contribution in [1.29, 1.82) is 0 Å². The molecule has 1 aromatic heterocycles. The van der Waals surface area contributed by atoms with Crippen molar-refractivity contribution in [2.45, 2.75) is 26.0 Å². The summed E-state index contributed by atoms with van der Waals surface area (Å²) in [6, 6.07) is 17.3. The van der Waals surface area contributed by atoms with Crippen LogP contribution in [0.4, 0.5) is 5.69 Å². The zero-order valence-electron chi connectivity index (χ0n) is 20.0. The van der Waals surface area contributed by atoms with Crippen molar-refractivity contribution in [3.05, 3.63) is 87.8 Å². The van der Waals surface area contributed by atoms with Gasteiger partial charge in [-0.3, -0.25) is 0 Å². The molecular formula is C27H29N3O5. The predicted molar refractivity (Wildman–Crippen MR) is 133 cm³/mol. The Morgan fingerprint density at radius 3 is 2.60 bits per heavy atom. The van der Waals surface area contributed by atoms with Crippen LogP contribution in [0.5, 0.6) is 17.2 Å². The molecule has 8 heteroatoms. The van der Waals surface area contributed by atoms with Gasteiger partial charge in [-0.2, -0.15) is 5.23 Å². The summed E-state index contributed by atoms with van der Waals surface area (Å²) in [6.07, 6.45) is 0.941. The second kappa shape index (κ2) is 9.59. The maximum atomic E-state index is 11.3. The lowest BCUT2D eigenvalue weighted by molar-refractivity contribution is -0.991. The summed E-state index contributed by atoms with van der Waals surface area (Å²) in [4.78, 5) is 3.61. The fourth-order valence-electron chi connectivity index (χ4n) is 4.84. The van der Waals surface area contributed by atoms with Crippen LogP contribution in [0.25, 0.3) is 10.9 Å². The number of quaternary nitrogens is 1. The van der Waals surface area contributed by atoms with Crippen LogP contribution in [0.3, 0.4) is 0 Å². The first-order chi connectivity index (χ1) is 17.0. The number of nitrogens with one attached hydrogen (secondary N) is 3. The Balaban J connectivity index is 1.44.